The smallest absolute Gasteiger partial charge is 0.243 e. The van der Waals surface area contributed by atoms with Gasteiger partial charge in [-0.15, -0.1) is 0 Å². The van der Waals surface area contributed by atoms with Crippen molar-refractivity contribution < 1.29 is 4.79 Å². The molecular formula is C15H11Cl2N3O. The molecule has 0 aromatic heterocycles. The Labute approximate surface area is 132 Å². The highest BCUT2D eigenvalue weighted by atomic mass is 35.5. The van der Waals surface area contributed by atoms with Crippen LogP contribution in [0.4, 0.5) is 11.4 Å². The molecule has 0 fully saturated rings. The second-order valence-electron chi connectivity index (χ2n) is 4.19. The lowest BCUT2D eigenvalue weighted by atomic mass is 10.2. The van der Waals surface area contributed by atoms with Gasteiger partial charge in [0.05, 0.1) is 27.8 Å². The van der Waals surface area contributed by atoms with E-state index in [4.69, 9.17) is 28.5 Å². The van der Waals surface area contributed by atoms with Gasteiger partial charge in [-0.05, 0) is 30.3 Å². The number of anilines is 2. The predicted octanol–water partition coefficient (Wildman–Crippen LogP) is 3.92. The van der Waals surface area contributed by atoms with Gasteiger partial charge in [0.2, 0.25) is 5.91 Å². The highest BCUT2D eigenvalue weighted by Gasteiger charge is 2.06. The van der Waals surface area contributed by atoms with Crippen molar-refractivity contribution in [2.24, 2.45) is 0 Å². The largest absolute Gasteiger partial charge is 0.375 e. The summed E-state index contributed by atoms with van der Waals surface area (Å²) in [6, 6.07) is 13.9. The fourth-order valence-corrected chi connectivity index (χ4v) is 1.99. The molecule has 0 heterocycles. The molecule has 0 radical (unpaired) electrons. The molecule has 2 aromatic rings. The van der Waals surface area contributed by atoms with Crippen molar-refractivity contribution in [3.63, 3.8) is 0 Å². The number of nitrogens with zero attached hydrogens (tertiary/aromatic N) is 1. The fraction of sp³-hybridized carbons (Fsp3) is 0.0667. The Morgan fingerprint density at radius 1 is 1.14 bits per heavy atom. The lowest BCUT2D eigenvalue weighted by molar-refractivity contribution is -0.114. The Morgan fingerprint density at radius 2 is 1.90 bits per heavy atom. The van der Waals surface area contributed by atoms with Crippen molar-refractivity contribution in [1.82, 2.24) is 0 Å². The molecule has 2 N–H and O–H groups in total. The van der Waals surface area contributed by atoms with Gasteiger partial charge < -0.3 is 10.6 Å². The number of amides is 1. The summed E-state index contributed by atoms with van der Waals surface area (Å²) in [6.07, 6.45) is 0. The number of nitrogens with one attached hydrogen (secondary N) is 2. The molecule has 106 valence electrons. The van der Waals surface area contributed by atoms with Gasteiger partial charge in [0.15, 0.2) is 0 Å². The van der Waals surface area contributed by atoms with Crippen molar-refractivity contribution >= 4 is 40.5 Å². The van der Waals surface area contributed by atoms with Crippen molar-refractivity contribution in [1.29, 1.82) is 5.26 Å². The van der Waals surface area contributed by atoms with Gasteiger partial charge in [-0.3, -0.25) is 4.79 Å². The zero-order chi connectivity index (χ0) is 15.2. The molecule has 2 rings (SSSR count). The van der Waals surface area contributed by atoms with Gasteiger partial charge in [0.25, 0.3) is 0 Å². The summed E-state index contributed by atoms with van der Waals surface area (Å²) in [5, 5.41) is 15.4. The van der Waals surface area contributed by atoms with Crippen molar-refractivity contribution in [3.05, 3.63) is 58.1 Å². The maximum Gasteiger partial charge on any atom is 0.243 e. The average Bonchev–Trinajstić information content (AvgIpc) is 2.49. The number of hydrogen-bond donors (Lipinski definition) is 2. The first-order valence-corrected chi connectivity index (χ1v) is 6.83. The first kappa shape index (κ1) is 15.2. The molecule has 4 nitrogen and oxygen atoms in total. The number of halogens is 2. The van der Waals surface area contributed by atoms with Crippen LogP contribution in [-0.2, 0) is 4.79 Å². The van der Waals surface area contributed by atoms with E-state index in [0.717, 1.165) is 0 Å². The zero-order valence-corrected chi connectivity index (χ0v) is 12.4. The molecule has 2 aromatic carbocycles. The molecule has 1 amide bonds. The number of carbonyl (C=O) groups excluding carboxylic acids is 1. The second kappa shape index (κ2) is 6.98. The molecule has 0 aliphatic carbocycles. The minimum absolute atomic E-state index is 0.0406. The topological polar surface area (TPSA) is 64.9 Å². The van der Waals surface area contributed by atoms with Gasteiger partial charge in [-0.1, -0.05) is 35.3 Å². The predicted molar refractivity (Wildman–Crippen MR) is 84.7 cm³/mol. The third-order valence-corrected chi connectivity index (χ3v) is 3.43. The summed E-state index contributed by atoms with van der Waals surface area (Å²) in [7, 11) is 0. The van der Waals surface area contributed by atoms with E-state index in [0.29, 0.717) is 27.0 Å². The maximum absolute atomic E-state index is 11.8. The standard InChI is InChI=1S/C15H11Cl2N3O/c16-12-6-5-11(7-13(12)17)20-15(21)9-19-14-4-2-1-3-10(14)8-18/h1-7,19H,9H2,(H,20,21). The molecule has 0 atom stereocenters. The van der Waals surface area contributed by atoms with Crippen LogP contribution in [-0.4, -0.2) is 12.5 Å². The molecule has 0 bridgehead atoms. The number of carbonyl (C=O) groups is 1. The number of nitriles is 1. The fourth-order valence-electron chi connectivity index (χ4n) is 1.69. The normalized spacial score (nSPS) is 9.76. The average molecular weight is 320 g/mol. The second-order valence-corrected chi connectivity index (χ2v) is 5.00. The van der Waals surface area contributed by atoms with Crippen LogP contribution in [0.3, 0.4) is 0 Å². The van der Waals surface area contributed by atoms with Gasteiger partial charge in [-0.25, -0.2) is 0 Å². The molecule has 0 aliphatic rings. The van der Waals surface area contributed by atoms with E-state index in [1.54, 1.807) is 42.5 Å². The SMILES string of the molecule is N#Cc1ccccc1NCC(=O)Nc1ccc(Cl)c(Cl)c1. The Balaban J connectivity index is 1.96. The lowest BCUT2D eigenvalue weighted by Crippen LogP contribution is -2.22. The van der Waals surface area contributed by atoms with E-state index >= 15 is 0 Å². The number of benzene rings is 2. The van der Waals surface area contributed by atoms with E-state index in [1.165, 1.54) is 0 Å². The molecule has 0 unspecified atom stereocenters. The van der Waals surface area contributed by atoms with Crippen molar-refractivity contribution in [3.8, 4) is 6.07 Å². The van der Waals surface area contributed by atoms with Gasteiger partial charge in [0.1, 0.15) is 6.07 Å². The van der Waals surface area contributed by atoms with Gasteiger partial charge >= 0.3 is 0 Å². The monoisotopic (exact) mass is 319 g/mol. The van der Waals surface area contributed by atoms with Crippen LogP contribution in [0.5, 0.6) is 0 Å². The first-order chi connectivity index (χ1) is 10.1. The number of para-hydroxylation sites is 1. The summed E-state index contributed by atoms with van der Waals surface area (Å²) in [6.45, 7) is 0.0406. The molecular weight excluding hydrogens is 309 g/mol. The Bertz CT molecular complexity index is 710. The van der Waals surface area contributed by atoms with E-state index < -0.39 is 0 Å². The van der Waals surface area contributed by atoms with E-state index in [1.807, 2.05) is 0 Å². The van der Waals surface area contributed by atoms with Crippen LogP contribution in [0, 0.1) is 11.3 Å². The number of hydrogen-bond acceptors (Lipinski definition) is 3. The van der Waals surface area contributed by atoms with Crippen LogP contribution in [0.2, 0.25) is 10.0 Å². The van der Waals surface area contributed by atoms with Crippen LogP contribution >= 0.6 is 23.2 Å². The van der Waals surface area contributed by atoms with E-state index in [-0.39, 0.29) is 12.5 Å². The van der Waals surface area contributed by atoms with Crippen LogP contribution in [0.1, 0.15) is 5.56 Å². The van der Waals surface area contributed by atoms with Crippen LogP contribution in [0.25, 0.3) is 0 Å². The molecule has 0 saturated carbocycles. The quantitative estimate of drug-likeness (QED) is 0.897. The molecule has 0 aliphatic heterocycles. The molecule has 0 saturated heterocycles. The summed E-state index contributed by atoms with van der Waals surface area (Å²) in [5.74, 6) is -0.249. The summed E-state index contributed by atoms with van der Waals surface area (Å²) in [5.41, 5.74) is 1.66. The minimum Gasteiger partial charge on any atom is -0.375 e. The third-order valence-electron chi connectivity index (χ3n) is 2.69. The van der Waals surface area contributed by atoms with Crippen LogP contribution < -0.4 is 10.6 Å². The molecule has 6 heteroatoms. The minimum atomic E-state index is -0.249. The summed E-state index contributed by atoms with van der Waals surface area (Å²) in [4.78, 5) is 11.8. The summed E-state index contributed by atoms with van der Waals surface area (Å²) < 4.78 is 0. The Morgan fingerprint density at radius 3 is 2.62 bits per heavy atom. The maximum atomic E-state index is 11.8. The van der Waals surface area contributed by atoms with E-state index in [9.17, 15) is 4.79 Å². The van der Waals surface area contributed by atoms with Gasteiger partial charge in [-0.2, -0.15) is 5.26 Å². The van der Waals surface area contributed by atoms with Crippen LogP contribution in [0.15, 0.2) is 42.5 Å². The third kappa shape index (κ3) is 4.12. The molecule has 0 spiro atoms. The first-order valence-electron chi connectivity index (χ1n) is 6.08. The van der Waals surface area contributed by atoms with Crippen molar-refractivity contribution in [2.45, 2.75) is 0 Å². The van der Waals surface area contributed by atoms with Gasteiger partial charge in [0, 0.05) is 5.69 Å². The zero-order valence-electron chi connectivity index (χ0n) is 10.9. The Kier molecular flexibility index (Phi) is 5.04. The lowest BCUT2D eigenvalue weighted by Gasteiger charge is -2.09. The highest BCUT2D eigenvalue weighted by molar-refractivity contribution is 6.42. The van der Waals surface area contributed by atoms with Crippen molar-refractivity contribution in [2.75, 3.05) is 17.2 Å². The number of rotatable bonds is 4. The van der Waals surface area contributed by atoms with E-state index in [2.05, 4.69) is 16.7 Å². The Hall–Kier alpha value is -2.22. The molecule has 21 heavy (non-hydrogen) atoms. The highest BCUT2D eigenvalue weighted by Crippen LogP contribution is 2.24. The summed E-state index contributed by atoms with van der Waals surface area (Å²) >= 11 is 11.7.